The maximum absolute atomic E-state index is 12.7. The molecule has 0 unspecified atom stereocenters. The Bertz CT molecular complexity index is 991. The average Bonchev–Trinajstić information content (AvgIpc) is 3.15. The van der Waals surface area contributed by atoms with E-state index in [1.165, 1.54) is 11.1 Å². The normalized spacial score (nSPS) is 13.2. The van der Waals surface area contributed by atoms with Crippen LogP contribution < -0.4 is 10.9 Å². The first-order chi connectivity index (χ1) is 11.6. The molecule has 0 spiro atoms. The second-order valence-corrected chi connectivity index (χ2v) is 7.23. The van der Waals surface area contributed by atoms with Gasteiger partial charge in [0.05, 0.1) is 0 Å². The molecule has 2 aromatic heterocycles. The number of hydrogen-bond donors (Lipinski definition) is 1. The Morgan fingerprint density at radius 1 is 1.29 bits per heavy atom. The quantitative estimate of drug-likeness (QED) is 0.782. The molecule has 0 saturated carbocycles. The predicted octanol–water partition coefficient (Wildman–Crippen LogP) is 2.83. The standard InChI is InChI=1S/C17H14ClN3O2S/c18-11-6-4-10(5-7-11)8-19-15(22)12-9-20-17-21(16(12)23)13-2-1-3-14(13)24-17/h4-7,9H,1-3,8H2,(H,19,22). The number of carbonyl (C=O) groups is 1. The highest BCUT2D eigenvalue weighted by molar-refractivity contribution is 7.17. The number of aryl methyl sites for hydroxylation is 2. The summed E-state index contributed by atoms with van der Waals surface area (Å²) in [5.74, 6) is -0.408. The zero-order valence-corrected chi connectivity index (χ0v) is 14.3. The zero-order valence-electron chi connectivity index (χ0n) is 12.7. The molecule has 5 nitrogen and oxygen atoms in total. The third kappa shape index (κ3) is 2.61. The molecule has 0 bridgehead atoms. The molecule has 4 rings (SSSR count). The lowest BCUT2D eigenvalue weighted by Crippen LogP contribution is -2.31. The van der Waals surface area contributed by atoms with Crippen LogP contribution in [0.5, 0.6) is 0 Å². The number of carbonyl (C=O) groups excluding carboxylic acids is 1. The van der Waals surface area contributed by atoms with Gasteiger partial charge >= 0.3 is 0 Å². The van der Waals surface area contributed by atoms with E-state index in [4.69, 9.17) is 11.6 Å². The van der Waals surface area contributed by atoms with E-state index >= 15 is 0 Å². The molecule has 1 N–H and O–H groups in total. The van der Waals surface area contributed by atoms with Crippen molar-refractivity contribution in [2.24, 2.45) is 0 Å². The Morgan fingerprint density at radius 3 is 2.88 bits per heavy atom. The molecule has 0 radical (unpaired) electrons. The lowest BCUT2D eigenvalue weighted by atomic mass is 10.2. The van der Waals surface area contributed by atoms with Crippen LogP contribution >= 0.6 is 22.9 Å². The van der Waals surface area contributed by atoms with Gasteiger partial charge in [0.2, 0.25) is 0 Å². The molecular weight excluding hydrogens is 346 g/mol. The van der Waals surface area contributed by atoms with Gasteiger partial charge in [0.25, 0.3) is 11.5 Å². The first-order valence-electron chi connectivity index (χ1n) is 7.68. The Balaban J connectivity index is 1.61. The molecule has 1 aliphatic carbocycles. The van der Waals surface area contributed by atoms with Crippen molar-refractivity contribution in [3.63, 3.8) is 0 Å². The van der Waals surface area contributed by atoms with E-state index in [0.29, 0.717) is 16.5 Å². The van der Waals surface area contributed by atoms with Crippen LogP contribution in [0.4, 0.5) is 0 Å². The van der Waals surface area contributed by atoms with Gasteiger partial charge < -0.3 is 5.32 Å². The van der Waals surface area contributed by atoms with Crippen LogP contribution in [0.3, 0.4) is 0 Å². The summed E-state index contributed by atoms with van der Waals surface area (Å²) in [6.07, 6.45) is 4.28. The van der Waals surface area contributed by atoms with Crippen molar-refractivity contribution in [1.29, 1.82) is 0 Å². The smallest absolute Gasteiger partial charge is 0.271 e. The number of aromatic nitrogens is 2. The van der Waals surface area contributed by atoms with Crippen molar-refractivity contribution in [3.8, 4) is 0 Å². The molecule has 1 aromatic carbocycles. The van der Waals surface area contributed by atoms with Crippen molar-refractivity contribution in [3.05, 3.63) is 67.5 Å². The van der Waals surface area contributed by atoms with Crippen LogP contribution in [0.15, 0.2) is 35.3 Å². The fourth-order valence-corrected chi connectivity index (χ4v) is 4.24. The molecule has 122 valence electrons. The summed E-state index contributed by atoms with van der Waals surface area (Å²) in [5.41, 5.74) is 1.72. The van der Waals surface area contributed by atoms with Crippen LogP contribution in [0, 0.1) is 0 Å². The highest BCUT2D eigenvalue weighted by atomic mass is 35.5. The molecule has 7 heteroatoms. The van der Waals surface area contributed by atoms with E-state index in [0.717, 1.165) is 30.5 Å². The van der Waals surface area contributed by atoms with Crippen LogP contribution in [-0.4, -0.2) is 15.3 Å². The highest BCUT2D eigenvalue weighted by Gasteiger charge is 2.22. The summed E-state index contributed by atoms with van der Waals surface area (Å²) in [7, 11) is 0. The maximum atomic E-state index is 12.7. The van der Waals surface area contributed by atoms with Crippen molar-refractivity contribution < 1.29 is 4.79 Å². The fraction of sp³-hybridized carbons (Fsp3) is 0.235. The number of benzene rings is 1. The molecular formula is C17H14ClN3O2S. The number of nitrogens with zero attached hydrogens (tertiary/aromatic N) is 2. The van der Waals surface area contributed by atoms with Crippen molar-refractivity contribution >= 4 is 33.8 Å². The summed E-state index contributed by atoms with van der Waals surface area (Å²) in [6, 6.07) is 7.20. The molecule has 3 aromatic rings. The molecule has 1 aliphatic rings. The Hall–Kier alpha value is -2.18. The topological polar surface area (TPSA) is 63.5 Å². The van der Waals surface area contributed by atoms with Gasteiger partial charge in [-0.15, -0.1) is 11.3 Å². The molecule has 0 fully saturated rings. The van der Waals surface area contributed by atoms with E-state index < -0.39 is 5.91 Å². The average molecular weight is 360 g/mol. The van der Waals surface area contributed by atoms with Crippen LogP contribution in [0.1, 0.15) is 32.9 Å². The van der Waals surface area contributed by atoms with Crippen molar-refractivity contribution in [2.75, 3.05) is 0 Å². The summed E-state index contributed by atoms with van der Waals surface area (Å²) >= 11 is 7.38. The summed E-state index contributed by atoms with van der Waals surface area (Å²) in [5, 5.41) is 3.41. The van der Waals surface area contributed by atoms with Gasteiger partial charge in [0, 0.05) is 28.3 Å². The number of thiazole rings is 1. The molecule has 0 saturated heterocycles. The predicted molar refractivity (Wildman–Crippen MR) is 94.0 cm³/mol. The monoisotopic (exact) mass is 359 g/mol. The van der Waals surface area contributed by atoms with E-state index in [1.54, 1.807) is 27.9 Å². The first kappa shape index (κ1) is 15.4. The minimum Gasteiger partial charge on any atom is -0.348 e. The molecule has 0 atom stereocenters. The highest BCUT2D eigenvalue weighted by Crippen LogP contribution is 2.28. The van der Waals surface area contributed by atoms with E-state index in [2.05, 4.69) is 10.3 Å². The number of fused-ring (bicyclic) bond motifs is 3. The Morgan fingerprint density at radius 2 is 2.08 bits per heavy atom. The number of amides is 1. The minimum atomic E-state index is -0.408. The number of halogens is 1. The Labute approximate surface area is 146 Å². The van der Waals surface area contributed by atoms with Crippen LogP contribution in [-0.2, 0) is 19.4 Å². The molecule has 24 heavy (non-hydrogen) atoms. The first-order valence-corrected chi connectivity index (χ1v) is 8.88. The molecule has 1 amide bonds. The van der Waals surface area contributed by atoms with Crippen molar-refractivity contribution in [1.82, 2.24) is 14.7 Å². The largest absolute Gasteiger partial charge is 0.348 e. The second-order valence-electron chi connectivity index (χ2n) is 5.73. The number of rotatable bonds is 3. The number of nitrogens with one attached hydrogen (secondary N) is 1. The van der Waals surface area contributed by atoms with E-state index in [-0.39, 0.29) is 11.1 Å². The van der Waals surface area contributed by atoms with Gasteiger partial charge in [-0.1, -0.05) is 23.7 Å². The van der Waals surface area contributed by atoms with Gasteiger partial charge in [0.1, 0.15) is 5.56 Å². The lowest BCUT2D eigenvalue weighted by Gasteiger charge is -2.06. The zero-order chi connectivity index (χ0) is 16.7. The summed E-state index contributed by atoms with van der Waals surface area (Å²) in [6.45, 7) is 0.333. The second kappa shape index (κ2) is 6.03. The van der Waals surface area contributed by atoms with Crippen LogP contribution in [0.25, 0.3) is 4.96 Å². The van der Waals surface area contributed by atoms with Gasteiger partial charge in [-0.3, -0.25) is 14.0 Å². The fourth-order valence-electron chi connectivity index (χ4n) is 2.94. The van der Waals surface area contributed by atoms with Gasteiger partial charge in [0.15, 0.2) is 4.96 Å². The molecule has 0 aliphatic heterocycles. The third-order valence-corrected chi connectivity index (χ3v) is 5.57. The summed E-state index contributed by atoms with van der Waals surface area (Å²) < 4.78 is 1.60. The molecule has 2 heterocycles. The SMILES string of the molecule is O=C(NCc1ccc(Cl)cc1)c1cnc2sc3c(n2c1=O)CCC3. The van der Waals surface area contributed by atoms with E-state index in [9.17, 15) is 9.59 Å². The van der Waals surface area contributed by atoms with E-state index in [1.807, 2.05) is 12.1 Å². The minimum absolute atomic E-state index is 0.0777. The maximum Gasteiger partial charge on any atom is 0.271 e. The Kier molecular flexibility index (Phi) is 3.86. The van der Waals surface area contributed by atoms with Gasteiger partial charge in [-0.2, -0.15) is 0 Å². The van der Waals surface area contributed by atoms with Gasteiger partial charge in [-0.25, -0.2) is 4.98 Å². The van der Waals surface area contributed by atoms with Gasteiger partial charge in [-0.05, 0) is 37.0 Å². The summed E-state index contributed by atoms with van der Waals surface area (Å²) in [4.78, 5) is 31.3. The third-order valence-electron chi connectivity index (χ3n) is 4.16. The lowest BCUT2D eigenvalue weighted by molar-refractivity contribution is 0.0949. The van der Waals surface area contributed by atoms with Crippen molar-refractivity contribution in [2.45, 2.75) is 25.8 Å². The van der Waals surface area contributed by atoms with Crippen LogP contribution in [0.2, 0.25) is 5.02 Å². The number of hydrogen-bond acceptors (Lipinski definition) is 4.